The van der Waals surface area contributed by atoms with E-state index < -0.39 is 9.84 Å². The maximum absolute atomic E-state index is 12.8. The Kier molecular flexibility index (Phi) is 5.81. The van der Waals surface area contributed by atoms with Crippen LogP contribution in [0.3, 0.4) is 0 Å². The molecule has 198 valence electrons. The number of hydrogen-bond donors (Lipinski definition) is 0. The van der Waals surface area contributed by atoms with Gasteiger partial charge in [0.25, 0.3) is 0 Å². The van der Waals surface area contributed by atoms with Gasteiger partial charge in [-0.15, -0.1) is 0 Å². The molecule has 2 saturated heterocycles. The van der Waals surface area contributed by atoms with E-state index in [0.29, 0.717) is 41.6 Å². The van der Waals surface area contributed by atoms with Crippen LogP contribution >= 0.6 is 0 Å². The second-order valence-electron chi connectivity index (χ2n) is 11.0. The Morgan fingerprint density at radius 2 is 1.70 bits per heavy atom. The topological polar surface area (TPSA) is 121 Å². The predicted molar refractivity (Wildman–Crippen MR) is 132 cm³/mol. The number of carbonyl (C=O) groups excluding carboxylic acids is 1. The zero-order valence-corrected chi connectivity index (χ0v) is 22.2. The molecule has 2 aromatic heterocycles. The fourth-order valence-corrected chi connectivity index (χ4v) is 6.93. The van der Waals surface area contributed by atoms with Crippen molar-refractivity contribution in [3.8, 4) is 17.5 Å². The van der Waals surface area contributed by atoms with Gasteiger partial charge in [0.1, 0.15) is 18.0 Å². The van der Waals surface area contributed by atoms with E-state index in [1.165, 1.54) is 12.4 Å². The second-order valence-corrected chi connectivity index (χ2v) is 13.2. The summed E-state index contributed by atoms with van der Waals surface area (Å²) in [4.78, 5) is 27.6. The number of rotatable bonds is 7. The molecule has 2 bridgehead atoms. The highest BCUT2D eigenvalue weighted by Crippen LogP contribution is 2.43. The molecule has 2 aliphatic heterocycles. The van der Waals surface area contributed by atoms with Gasteiger partial charge in [0, 0.05) is 24.9 Å². The molecule has 3 atom stereocenters. The van der Waals surface area contributed by atoms with Crippen molar-refractivity contribution in [3.05, 3.63) is 29.7 Å². The summed E-state index contributed by atoms with van der Waals surface area (Å²) in [7, 11) is -3.37. The quantitative estimate of drug-likeness (QED) is 0.518. The number of aromatic nitrogens is 3. The zero-order chi connectivity index (χ0) is 25.9. The van der Waals surface area contributed by atoms with E-state index in [-0.39, 0.29) is 40.2 Å². The SMILES string of the molecule is Cc1nc(S(=O)(=O)C2CC2)ccc1Oc1ncnc(OC2CC3CC[C@@H](C2)N3C(=O)OC2(C)CC2)c1C. The lowest BCUT2D eigenvalue weighted by atomic mass is 10.0. The van der Waals surface area contributed by atoms with Crippen LogP contribution in [0.15, 0.2) is 23.5 Å². The van der Waals surface area contributed by atoms with Gasteiger partial charge in [-0.1, -0.05) is 0 Å². The lowest BCUT2D eigenvalue weighted by molar-refractivity contribution is 0.0114. The molecular formula is C26H32N4O6S. The molecule has 0 aromatic carbocycles. The van der Waals surface area contributed by atoms with Crippen molar-refractivity contribution in [2.45, 2.75) is 106 Å². The van der Waals surface area contributed by atoms with E-state index in [1.54, 1.807) is 13.0 Å². The van der Waals surface area contributed by atoms with Crippen LogP contribution < -0.4 is 9.47 Å². The molecule has 1 amide bonds. The maximum Gasteiger partial charge on any atom is 0.410 e. The van der Waals surface area contributed by atoms with Crippen molar-refractivity contribution in [2.24, 2.45) is 0 Å². The number of piperidine rings is 1. The van der Waals surface area contributed by atoms with E-state index >= 15 is 0 Å². The van der Waals surface area contributed by atoms with Crippen molar-refractivity contribution >= 4 is 15.9 Å². The van der Waals surface area contributed by atoms with Crippen LogP contribution in [0.4, 0.5) is 4.79 Å². The van der Waals surface area contributed by atoms with Crippen LogP contribution in [0.1, 0.15) is 69.5 Å². The summed E-state index contributed by atoms with van der Waals surface area (Å²) in [6.45, 7) is 5.53. The monoisotopic (exact) mass is 528 g/mol. The minimum Gasteiger partial charge on any atom is -0.474 e. The van der Waals surface area contributed by atoms with Crippen LogP contribution in [0.25, 0.3) is 0 Å². The number of nitrogens with zero attached hydrogens (tertiary/aromatic N) is 4. The molecule has 4 fully saturated rings. The van der Waals surface area contributed by atoms with Gasteiger partial charge in [0.2, 0.25) is 11.8 Å². The Morgan fingerprint density at radius 1 is 1.03 bits per heavy atom. The van der Waals surface area contributed by atoms with E-state index in [9.17, 15) is 13.2 Å². The van der Waals surface area contributed by atoms with E-state index in [4.69, 9.17) is 14.2 Å². The Hall–Kier alpha value is -2.95. The Labute approximate surface area is 216 Å². The third-order valence-electron chi connectivity index (χ3n) is 7.93. The highest BCUT2D eigenvalue weighted by molar-refractivity contribution is 7.92. The molecule has 2 saturated carbocycles. The van der Waals surface area contributed by atoms with Crippen LogP contribution in [-0.4, -0.2) is 63.4 Å². The van der Waals surface area contributed by atoms with E-state index in [2.05, 4.69) is 15.0 Å². The molecule has 0 spiro atoms. The normalized spacial score (nSPS) is 26.0. The largest absolute Gasteiger partial charge is 0.474 e. The number of fused-ring (bicyclic) bond motifs is 2. The fourth-order valence-electron chi connectivity index (χ4n) is 5.31. The average molecular weight is 529 g/mol. The first-order valence-corrected chi connectivity index (χ1v) is 14.6. The molecule has 0 radical (unpaired) electrons. The summed E-state index contributed by atoms with van der Waals surface area (Å²) in [5.74, 6) is 1.19. The summed E-state index contributed by atoms with van der Waals surface area (Å²) in [5.41, 5.74) is 0.836. The molecule has 10 nitrogen and oxygen atoms in total. The number of carbonyl (C=O) groups is 1. The fraction of sp³-hybridized carbons (Fsp3) is 0.615. The van der Waals surface area contributed by atoms with Gasteiger partial charge >= 0.3 is 6.09 Å². The molecule has 11 heteroatoms. The highest BCUT2D eigenvalue weighted by atomic mass is 32.2. The number of hydrogen-bond acceptors (Lipinski definition) is 9. The molecule has 2 unspecified atom stereocenters. The smallest absolute Gasteiger partial charge is 0.410 e. The maximum atomic E-state index is 12.8. The Morgan fingerprint density at radius 3 is 2.32 bits per heavy atom. The van der Waals surface area contributed by atoms with Crippen LogP contribution in [0.5, 0.6) is 17.5 Å². The average Bonchev–Trinajstić information content (AvgIpc) is 3.78. The first kappa shape index (κ1) is 24.4. The number of pyridine rings is 1. The van der Waals surface area contributed by atoms with Crippen molar-refractivity contribution in [2.75, 3.05) is 0 Å². The van der Waals surface area contributed by atoms with E-state index in [1.807, 2.05) is 18.7 Å². The van der Waals surface area contributed by atoms with Gasteiger partial charge in [-0.2, -0.15) is 0 Å². The van der Waals surface area contributed by atoms with Crippen molar-refractivity contribution in [1.82, 2.24) is 19.9 Å². The van der Waals surface area contributed by atoms with Crippen molar-refractivity contribution < 1.29 is 27.4 Å². The van der Waals surface area contributed by atoms with Gasteiger partial charge in [0.15, 0.2) is 20.6 Å². The first-order valence-electron chi connectivity index (χ1n) is 13.0. The number of amides is 1. The standard InChI is InChI=1S/C26H32N4O6S/c1-15-23(34-19-12-17-4-5-18(13-19)30(17)25(31)36-26(3)10-11-26)27-14-28-24(15)35-21-8-9-22(29-16(21)2)37(32,33)20-6-7-20/h8-9,14,17-20H,4-7,10-13H2,1-3H3/t17-,18?,19?/m0/s1. The highest BCUT2D eigenvalue weighted by Gasteiger charge is 2.49. The van der Waals surface area contributed by atoms with Gasteiger partial charge in [-0.05, 0) is 71.4 Å². The number of aryl methyl sites for hydroxylation is 1. The van der Waals surface area contributed by atoms with Gasteiger partial charge in [-0.25, -0.2) is 28.2 Å². The van der Waals surface area contributed by atoms with Gasteiger partial charge in [0.05, 0.1) is 16.5 Å². The molecule has 4 heterocycles. The summed E-state index contributed by atoms with van der Waals surface area (Å²) >= 11 is 0. The molecule has 37 heavy (non-hydrogen) atoms. The molecule has 2 aliphatic carbocycles. The van der Waals surface area contributed by atoms with Crippen LogP contribution in [-0.2, 0) is 14.6 Å². The Balaban J connectivity index is 1.13. The van der Waals surface area contributed by atoms with E-state index in [0.717, 1.165) is 38.5 Å². The molecule has 0 N–H and O–H groups in total. The summed E-state index contributed by atoms with van der Waals surface area (Å²) in [5, 5.41) is -0.233. The van der Waals surface area contributed by atoms with Crippen LogP contribution in [0, 0.1) is 13.8 Å². The summed E-state index contributed by atoms with van der Waals surface area (Å²) in [6, 6.07) is 3.32. The summed E-state index contributed by atoms with van der Waals surface area (Å²) in [6.07, 6.45) is 7.72. The minimum absolute atomic E-state index is 0.0742. The minimum atomic E-state index is -3.37. The van der Waals surface area contributed by atoms with Crippen molar-refractivity contribution in [1.29, 1.82) is 0 Å². The zero-order valence-electron chi connectivity index (χ0n) is 21.3. The lowest BCUT2D eigenvalue weighted by Crippen LogP contribution is -2.50. The van der Waals surface area contributed by atoms with Crippen LogP contribution in [0.2, 0.25) is 0 Å². The first-order chi connectivity index (χ1) is 17.6. The number of sulfone groups is 1. The second kappa shape index (κ2) is 8.82. The predicted octanol–water partition coefficient (Wildman–Crippen LogP) is 4.28. The molecule has 4 aliphatic rings. The van der Waals surface area contributed by atoms with Gasteiger partial charge in [-0.3, -0.25) is 0 Å². The molecule has 6 rings (SSSR count). The summed E-state index contributed by atoms with van der Waals surface area (Å²) < 4.78 is 43.1. The van der Waals surface area contributed by atoms with Crippen molar-refractivity contribution in [3.63, 3.8) is 0 Å². The lowest BCUT2D eigenvalue weighted by Gasteiger charge is -2.38. The van der Waals surface area contributed by atoms with Gasteiger partial charge < -0.3 is 19.1 Å². The third kappa shape index (κ3) is 4.73. The molecular weight excluding hydrogens is 496 g/mol. The molecule has 2 aromatic rings. The third-order valence-corrected chi connectivity index (χ3v) is 10.1. The Bertz CT molecular complexity index is 1330. The number of ether oxygens (including phenoxy) is 3.